The summed E-state index contributed by atoms with van der Waals surface area (Å²) >= 11 is 1.49. The Labute approximate surface area is 182 Å². The monoisotopic (exact) mass is 421 g/mol. The Morgan fingerprint density at radius 1 is 1.30 bits per heavy atom. The number of benzene rings is 1. The van der Waals surface area contributed by atoms with E-state index in [0.717, 1.165) is 49.8 Å². The van der Waals surface area contributed by atoms with Crippen molar-refractivity contribution >= 4 is 17.5 Å². The van der Waals surface area contributed by atoms with Gasteiger partial charge in [0.2, 0.25) is 0 Å². The van der Waals surface area contributed by atoms with Gasteiger partial charge >= 0.3 is 0 Å². The number of piperidine rings is 1. The molecule has 0 bridgehead atoms. The summed E-state index contributed by atoms with van der Waals surface area (Å²) < 4.78 is 5.36. The Hall–Kier alpha value is -2.20. The zero-order chi connectivity index (χ0) is 21.0. The first kappa shape index (κ1) is 21.0. The number of carbonyl (C=O) groups is 1. The number of thioether (sulfide) groups is 1. The quantitative estimate of drug-likeness (QED) is 0.707. The lowest BCUT2D eigenvalue weighted by Gasteiger charge is -2.38. The number of Topliss-reactive ketones (excluding diaryl/α,β-unsaturated/α-hetero) is 1. The third-order valence-electron chi connectivity index (χ3n) is 6.03. The van der Waals surface area contributed by atoms with E-state index in [1.807, 2.05) is 24.3 Å². The lowest BCUT2D eigenvalue weighted by atomic mass is 9.84. The molecule has 0 amide bonds. The topological polar surface area (TPSA) is 75.0 Å². The molecule has 1 aromatic heterocycles. The van der Waals surface area contributed by atoms with Crippen molar-refractivity contribution < 1.29 is 9.53 Å². The van der Waals surface area contributed by atoms with E-state index >= 15 is 0 Å². The van der Waals surface area contributed by atoms with Crippen LogP contribution in [0.4, 0.5) is 0 Å². The van der Waals surface area contributed by atoms with E-state index in [-0.39, 0.29) is 11.9 Å². The van der Waals surface area contributed by atoms with E-state index in [1.165, 1.54) is 11.8 Å². The molecular weight excluding hydrogens is 394 g/mol. The van der Waals surface area contributed by atoms with Gasteiger partial charge in [-0.05, 0) is 56.7 Å². The fourth-order valence-electron chi connectivity index (χ4n) is 4.26. The summed E-state index contributed by atoms with van der Waals surface area (Å²) in [5.74, 6) is 0.126. The maximum absolute atomic E-state index is 14.0. The fraction of sp³-hybridized carbons (Fsp3) is 0.458. The Kier molecular flexibility index (Phi) is 6.52. The van der Waals surface area contributed by atoms with Crippen LogP contribution < -0.4 is 5.32 Å². The Morgan fingerprint density at radius 3 is 2.90 bits per heavy atom. The summed E-state index contributed by atoms with van der Waals surface area (Å²) in [7, 11) is 0. The molecular formula is C24H27N3O2S. The molecule has 2 aliphatic heterocycles. The third-order valence-corrected chi connectivity index (χ3v) is 7.38. The van der Waals surface area contributed by atoms with Crippen molar-refractivity contribution in [2.45, 2.75) is 60.9 Å². The highest BCUT2D eigenvalue weighted by molar-refractivity contribution is 8.01. The Morgan fingerprint density at radius 2 is 2.17 bits per heavy atom. The van der Waals surface area contributed by atoms with Crippen LogP contribution in [0.15, 0.2) is 47.6 Å². The summed E-state index contributed by atoms with van der Waals surface area (Å²) in [4.78, 5) is 18.5. The number of rotatable bonds is 5. The van der Waals surface area contributed by atoms with Gasteiger partial charge in [0.05, 0.1) is 27.5 Å². The van der Waals surface area contributed by atoms with Crippen LogP contribution in [0.3, 0.4) is 0 Å². The normalized spacial score (nSPS) is 26.7. The molecule has 3 atom stereocenters. The minimum Gasteiger partial charge on any atom is -0.374 e. The van der Waals surface area contributed by atoms with Crippen LogP contribution in [0.25, 0.3) is 0 Å². The van der Waals surface area contributed by atoms with Gasteiger partial charge in [-0.1, -0.05) is 36.0 Å². The molecule has 1 N–H and O–H groups in total. The highest BCUT2D eigenvalue weighted by Gasteiger charge is 2.44. The second-order valence-electron chi connectivity index (χ2n) is 8.18. The lowest BCUT2D eigenvalue weighted by molar-refractivity contribution is 0.0143. The standard InChI is InChI=1S/C24H27N3O2S/c1-17-9-11-24(16-27-17,30-22-14-18(15-25)10-12-26-22)23(28)20-7-3-2-6-19(20)21-8-4-5-13-29-21/h2-3,6-7,10,12,14,17,21,27H,4-5,8-9,11,13,16H2,1H3/t17-,21?,24-/m1/s1. The summed E-state index contributed by atoms with van der Waals surface area (Å²) in [6, 6.07) is 13.9. The number of ether oxygens (including phenoxy) is 1. The van der Waals surface area contributed by atoms with Crippen LogP contribution in [-0.4, -0.2) is 34.7 Å². The van der Waals surface area contributed by atoms with E-state index in [1.54, 1.807) is 18.3 Å². The predicted molar refractivity (Wildman–Crippen MR) is 118 cm³/mol. The summed E-state index contributed by atoms with van der Waals surface area (Å²) in [5.41, 5.74) is 2.31. The van der Waals surface area contributed by atoms with Gasteiger partial charge in [0.15, 0.2) is 5.78 Å². The van der Waals surface area contributed by atoms with Crippen LogP contribution in [0, 0.1) is 11.3 Å². The van der Waals surface area contributed by atoms with Crippen molar-refractivity contribution in [1.82, 2.24) is 10.3 Å². The van der Waals surface area contributed by atoms with Crippen LogP contribution in [0.5, 0.6) is 0 Å². The summed E-state index contributed by atoms with van der Waals surface area (Å²) in [5, 5.41) is 13.5. The van der Waals surface area contributed by atoms with Crippen molar-refractivity contribution in [3.05, 3.63) is 59.3 Å². The number of pyridine rings is 1. The van der Waals surface area contributed by atoms with Gasteiger partial charge in [0.25, 0.3) is 0 Å². The second-order valence-corrected chi connectivity index (χ2v) is 9.59. The Bertz CT molecular complexity index is 941. The maximum Gasteiger partial charge on any atom is 0.180 e. The molecule has 4 rings (SSSR count). The van der Waals surface area contributed by atoms with Crippen molar-refractivity contribution in [1.29, 1.82) is 5.26 Å². The average molecular weight is 422 g/mol. The Balaban J connectivity index is 1.69. The summed E-state index contributed by atoms with van der Waals surface area (Å²) in [6.07, 6.45) is 6.46. The zero-order valence-corrected chi connectivity index (χ0v) is 18.1. The molecule has 2 saturated heterocycles. The molecule has 0 radical (unpaired) electrons. The van der Waals surface area contributed by atoms with Gasteiger partial charge in [-0.15, -0.1) is 0 Å². The first-order valence-corrected chi connectivity index (χ1v) is 11.5. The number of carbonyl (C=O) groups excluding carboxylic acids is 1. The van der Waals surface area contributed by atoms with Crippen LogP contribution in [0.1, 0.15) is 66.6 Å². The van der Waals surface area contributed by atoms with Gasteiger partial charge in [-0.2, -0.15) is 5.26 Å². The van der Waals surface area contributed by atoms with E-state index in [4.69, 9.17) is 4.74 Å². The highest BCUT2D eigenvalue weighted by atomic mass is 32.2. The van der Waals surface area contributed by atoms with Crippen molar-refractivity contribution in [3.8, 4) is 6.07 Å². The van der Waals surface area contributed by atoms with Crippen molar-refractivity contribution in [2.75, 3.05) is 13.2 Å². The molecule has 0 spiro atoms. The van der Waals surface area contributed by atoms with E-state index in [9.17, 15) is 10.1 Å². The average Bonchev–Trinajstić information content (AvgIpc) is 2.81. The first-order valence-electron chi connectivity index (χ1n) is 10.7. The summed E-state index contributed by atoms with van der Waals surface area (Å²) in [6.45, 7) is 3.48. The number of hydrogen-bond acceptors (Lipinski definition) is 6. The van der Waals surface area contributed by atoms with Gasteiger partial charge in [0.1, 0.15) is 0 Å². The molecule has 3 heterocycles. The minimum absolute atomic E-state index is 0.0172. The number of hydrogen-bond donors (Lipinski definition) is 1. The van der Waals surface area contributed by atoms with Crippen molar-refractivity contribution in [3.63, 3.8) is 0 Å². The predicted octanol–water partition coefficient (Wildman–Crippen LogP) is 4.68. The van der Waals surface area contributed by atoms with Gasteiger partial charge < -0.3 is 10.1 Å². The smallest absolute Gasteiger partial charge is 0.180 e. The molecule has 1 unspecified atom stereocenters. The van der Waals surface area contributed by atoms with Gasteiger partial charge in [-0.3, -0.25) is 4.79 Å². The zero-order valence-electron chi connectivity index (χ0n) is 17.3. The van der Waals surface area contributed by atoms with E-state index in [0.29, 0.717) is 23.2 Å². The number of nitriles is 1. The first-order chi connectivity index (χ1) is 14.6. The molecule has 0 saturated carbocycles. The molecule has 30 heavy (non-hydrogen) atoms. The van der Waals surface area contributed by atoms with Crippen LogP contribution in [-0.2, 0) is 4.74 Å². The molecule has 156 valence electrons. The molecule has 2 aliphatic rings. The number of nitrogens with one attached hydrogen (secondary N) is 1. The fourth-order valence-corrected chi connectivity index (χ4v) is 5.54. The third kappa shape index (κ3) is 4.44. The van der Waals surface area contributed by atoms with Gasteiger partial charge in [0, 0.05) is 31.0 Å². The highest BCUT2D eigenvalue weighted by Crippen LogP contribution is 2.42. The number of aromatic nitrogens is 1. The molecule has 5 nitrogen and oxygen atoms in total. The van der Waals surface area contributed by atoms with Crippen molar-refractivity contribution in [2.24, 2.45) is 0 Å². The molecule has 2 fully saturated rings. The molecule has 1 aromatic carbocycles. The number of nitrogens with zero attached hydrogens (tertiary/aromatic N) is 2. The lowest BCUT2D eigenvalue weighted by Crippen LogP contribution is -2.52. The molecule has 2 aromatic rings. The molecule has 0 aliphatic carbocycles. The van der Waals surface area contributed by atoms with Gasteiger partial charge in [-0.25, -0.2) is 4.98 Å². The maximum atomic E-state index is 14.0. The van der Waals surface area contributed by atoms with E-state index < -0.39 is 4.75 Å². The SMILES string of the molecule is C[C@@H]1CC[C@](Sc2cc(C#N)ccn2)(C(=O)c2ccccc2C2CCCCO2)CN1. The number of ketones is 1. The van der Waals surface area contributed by atoms with Crippen LogP contribution in [0.2, 0.25) is 0 Å². The molecule has 6 heteroatoms. The minimum atomic E-state index is -0.654. The van der Waals surface area contributed by atoms with E-state index in [2.05, 4.69) is 23.3 Å². The van der Waals surface area contributed by atoms with Crippen LogP contribution >= 0.6 is 11.8 Å². The second kappa shape index (κ2) is 9.30. The largest absolute Gasteiger partial charge is 0.374 e.